The van der Waals surface area contributed by atoms with E-state index in [1.54, 1.807) is 0 Å². The molecule has 0 unspecified atom stereocenters. The van der Waals surface area contributed by atoms with Gasteiger partial charge in [-0.2, -0.15) is 8.78 Å². The molecule has 0 aliphatic carbocycles. The van der Waals surface area contributed by atoms with Crippen molar-refractivity contribution in [1.29, 1.82) is 0 Å². The third-order valence-electron chi connectivity index (χ3n) is 3.92. The first-order valence-corrected chi connectivity index (χ1v) is 8.79. The van der Waals surface area contributed by atoms with Crippen molar-refractivity contribution in [3.63, 3.8) is 0 Å². The van der Waals surface area contributed by atoms with Gasteiger partial charge >= 0.3 is 6.61 Å². The van der Waals surface area contributed by atoms with E-state index in [0.29, 0.717) is 13.0 Å². The number of aromatic nitrogens is 1. The number of rotatable bonds is 5. The Hall–Kier alpha value is -2.32. The summed E-state index contributed by atoms with van der Waals surface area (Å²) >= 11 is 12.0. The zero-order chi connectivity index (χ0) is 19.6. The van der Waals surface area contributed by atoms with Crippen LogP contribution in [0.25, 0.3) is 0 Å². The Balaban J connectivity index is 1.97. The van der Waals surface area contributed by atoms with Crippen LogP contribution in [-0.4, -0.2) is 30.2 Å². The van der Waals surface area contributed by atoms with Gasteiger partial charge in [-0.3, -0.25) is 9.78 Å². The van der Waals surface area contributed by atoms with Crippen LogP contribution in [0.15, 0.2) is 24.5 Å². The molecule has 0 bridgehead atoms. The number of amides is 1. The lowest BCUT2D eigenvalue weighted by Gasteiger charge is -2.29. The van der Waals surface area contributed by atoms with Crippen molar-refractivity contribution >= 4 is 40.5 Å². The molecule has 2 N–H and O–H groups in total. The maximum atomic E-state index is 12.7. The molecule has 10 heteroatoms. The molecular formula is C17H15Cl2F2N3O3. The molecule has 1 aromatic carbocycles. The van der Waals surface area contributed by atoms with E-state index >= 15 is 0 Å². The van der Waals surface area contributed by atoms with Crippen LogP contribution in [0.3, 0.4) is 0 Å². The van der Waals surface area contributed by atoms with Crippen LogP contribution in [-0.2, 0) is 0 Å². The summed E-state index contributed by atoms with van der Waals surface area (Å²) in [5.74, 6) is -0.633. The zero-order valence-corrected chi connectivity index (χ0v) is 15.6. The molecule has 1 aliphatic heterocycles. The van der Waals surface area contributed by atoms with E-state index in [1.807, 2.05) is 6.92 Å². The van der Waals surface area contributed by atoms with Crippen LogP contribution in [0, 0.1) is 0 Å². The fourth-order valence-corrected chi connectivity index (χ4v) is 3.06. The standard InChI is InChI=1S/C17H15Cl2F2N3O3/c1-2-8-5-23-13-9(3-4-12(15(13)26-8)27-17(20)21)16(25)24-14-10(18)6-22-7-11(14)19/h3-4,6-8,17,23H,2,5H2,1H3,(H,22,24,25)/t8-/m1/s1. The quantitative estimate of drug-likeness (QED) is 0.728. The number of nitrogens with zero attached hydrogens (tertiary/aromatic N) is 1. The number of carbonyl (C=O) groups is 1. The largest absolute Gasteiger partial charge is 0.483 e. The number of pyridine rings is 1. The second kappa shape index (κ2) is 8.14. The van der Waals surface area contributed by atoms with Crippen LogP contribution >= 0.6 is 23.2 Å². The van der Waals surface area contributed by atoms with Crippen molar-refractivity contribution in [2.45, 2.75) is 26.1 Å². The number of carbonyl (C=O) groups excluding carboxylic acids is 1. The van der Waals surface area contributed by atoms with Crippen LogP contribution in [0.2, 0.25) is 10.0 Å². The van der Waals surface area contributed by atoms with Gasteiger partial charge in [-0.15, -0.1) is 0 Å². The van der Waals surface area contributed by atoms with Gasteiger partial charge < -0.3 is 20.1 Å². The maximum Gasteiger partial charge on any atom is 0.387 e. The summed E-state index contributed by atoms with van der Waals surface area (Å²) in [7, 11) is 0. The van der Waals surface area contributed by atoms with Crippen LogP contribution in [0.1, 0.15) is 23.7 Å². The molecule has 2 aromatic rings. The Kier molecular flexibility index (Phi) is 5.86. The highest BCUT2D eigenvalue weighted by Crippen LogP contribution is 2.42. The third-order valence-corrected chi connectivity index (χ3v) is 4.49. The average molecular weight is 418 g/mol. The van der Waals surface area contributed by atoms with E-state index in [0.717, 1.165) is 0 Å². The number of ether oxygens (including phenoxy) is 2. The Morgan fingerprint density at radius 1 is 1.41 bits per heavy atom. The van der Waals surface area contributed by atoms with Gasteiger partial charge in [0.25, 0.3) is 5.91 Å². The topological polar surface area (TPSA) is 72.5 Å². The molecule has 2 heterocycles. The van der Waals surface area contributed by atoms with E-state index < -0.39 is 12.5 Å². The molecule has 0 fully saturated rings. The highest BCUT2D eigenvalue weighted by atomic mass is 35.5. The molecule has 0 saturated carbocycles. The average Bonchev–Trinajstić information content (AvgIpc) is 2.64. The van der Waals surface area contributed by atoms with Gasteiger partial charge in [0, 0.05) is 12.4 Å². The highest BCUT2D eigenvalue weighted by molar-refractivity contribution is 6.39. The number of hydrogen-bond acceptors (Lipinski definition) is 5. The smallest absolute Gasteiger partial charge is 0.387 e. The van der Waals surface area contributed by atoms with Gasteiger partial charge in [0.05, 0.1) is 33.5 Å². The molecule has 1 atom stereocenters. The number of benzene rings is 1. The molecule has 1 aliphatic rings. The molecule has 27 heavy (non-hydrogen) atoms. The van der Waals surface area contributed by atoms with E-state index in [4.69, 9.17) is 27.9 Å². The Morgan fingerprint density at radius 2 is 2.11 bits per heavy atom. The minimum Gasteiger partial charge on any atom is -0.483 e. The predicted molar refractivity (Wildman–Crippen MR) is 98.5 cm³/mol. The van der Waals surface area contributed by atoms with Crippen molar-refractivity contribution in [2.24, 2.45) is 0 Å². The predicted octanol–water partition coefficient (Wildman–Crippen LogP) is 4.83. The summed E-state index contributed by atoms with van der Waals surface area (Å²) < 4.78 is 35.6. The SMILES string of the molecule is CC[C@@H]1CNc2c(C(=O)Nc3c(Cl)cncc3Cl)ccc(OC(F)F)c2O1. The monoisotopic (exact) mass is 417 g/mol. The van der Waals surface area contributed by atoms with Crippen molar-refractivity contribution in [2.75, 3.05) is 17.2 Å². The Morgan fingerprint density at radius 3 is 2.74 bits per heavy atom. The summed E-state index contributed by atoms with van der Waals surface area (Å²) in [4.78, 5) is 16.6. The third kappa shape index (κ3) is 4.17. The van der Waals surface area contributed by atoms with Crippen LogP contribution in [0.5, 0.6) is 11.5 Å². The number of hydrogen-bond donors (Lipinski definition) is 2. The van der Waals surface area contributed by atoms with E-state index in [2.05, 4.69) is 20.4 Å². The number of fused-ring (bicyclic) bond motifs is 1. The second-order valence-electron chi connectivity index (χ2n) is 5.66. The first-order valence-electron chi connectivity index (χ1n) is 8.03. The Bertz CT molecular complexity index is 847. The van der Waals surface area contributed by atoms with Gasteiger partial charge in [0.1, 0.15) is 6.10 Å². The maximum absolute atomic E-state index is 12.7. The summed E-state index contributed by atoms with van der Waals surface area (Å²) in [5.41, 5.74) is 0.630. The van der Waals surface area contributed by atoms with Gasteiger partial charge in [-0.1, -0.05) is 30.1 Å². The minimum absolute atomic E-state index is 0.0629. The van der Waals surface area contributed by atoms with Crippen molar-refractivity contribution < 1.29 is 23.0 Å². The lowest BCUT2D eigenvalue weighted by atomic mass is 10.1. The van der Waals surface area contributed by atoms with Crippen molar-refractivity contribution in [3.8, 4) is 11.5 Å². The number of anilines is 2. The molecule has 3 rings (SSSR count). The molecule has 6 nitrogen and oxygen atoms in total. The summed E-state index contributed by atoms with van der Waals surface area (Å²) in [6.07, 6.45) is 3.09. The van der Waals surface area contributed by atoms with Gasteiger partial charge in [0.2, 0.25) is 0 Å². The first kappa shape index (κ1) is 19.4. The van der Waals surface area contributed by atoms with E-state index in [-0.39, 0.29) is 44.6 Å². The number of halogens is 4. The molecule has 1 amide bonds. The normalized spacial score (nSPS) is 15.6. The van der Waals surface area contributed by atoms with Crippen molar-refractivity contribution in [1.82, 2.24) is 4.98 Å². The Labute approximate surface area is 163 Å². The molecule has 0 spiro atoms. The van der Waals surface area contributed by atoms with Crippen LogP contribution in [0.4, 0.5) is 20.2 Å². The fraction of sp³-hybridized carbons (Fsp3) is 0.294. The lowest BCUT2D eigenvalue weighted by Crippen LogP contribution is -2.32. The summed E-state index contributed by atoms with van der Waals surface area (Å²) in [5, 5.41) is 5.98. The molecule has 1 aromatic heterocycles. The zero-order valence-electron chi connectivity index (χ0n) is 14.1. The van der Waals surface area contributed by atoms with Crippen LogP contribution < -0.4 is 20.1 Å². The number of alkyl halides is 2. The second-order valence-corrected chi connectivity index (χ2v) is 6.47. The van der Waals surface area contributed by atoms with E-state index in [1.165, 1.54) is 24.5 Å². The minimum atomic E-state index is -3.02. The fourth-order valence-electron chi connectivity index (χ4n) is 2.60. The molecule has 144 valence electrons. The van der Waals surface area contributed by atoms with Gasteiger partial charge in [-0.05, 0) is 18.6 Å². The molecule has 0 saturated heterocycles. The first-order chi connectivity index (χ1) is 12.9. The highest BCUT2D eigenvalue weighted by Gasteiger charge is 2.28. The van der Waals surface area contributed by atoms with Gasteiger partial charge in [0.15, 0.2) is 11.5 Å². The molecular weight excluding hydrogens is 403 g/mol. The van der Waals surface area contributed by atoms with Crippen molar-refractivity contribution in [3.05, 3.63) is 40.1 Å². The van der Waals surface area contributed by atoms with Gasteiger partial charge in [-0.25, -0.2) is 0 Å². The molecule has 0 radical (unpaired) electrons. The lowest BCUT2D eigenvalue weighted by molar-refractivity contribution is -0.0521. The van der Waals surface area contributed by atoms with E-state index in [9.17, 15) is 13.6 Å². The summed E-state index contributed by atoms with van der Waals surface area (Å²) in [6.45, 7) is -0.706. The number of nitrogens with one attached hydrogen (secondary N) is 2. The summed E-state index contributed by atoms with van der Waals surface area (Å²) in [6, 6.07) is 2.62.